The third-order valence-electron chi connectivity index (χ3n) is 5.94. The van der Waals surface area contributed by atoms with Crippen LogP contribution < -0.4 is 4.90 Å². The highest BCUT2D eigenvalue weighted by molar-refractivity contribution is 6.42. The van der Waals surface area contributed by atoms with Gasteiger partial charge in [-0.05, 0) is 62.2 Å². The molecule has 0 aliphatic carbocycles. The minimum absolute atomic E-state index is 0.114. The third kappa shape index (κ3) is 4.11. The molecule has 0 saturated carbocycles. The number of halogens is 3. The van der Waals surface area contributed by atoms with Crippen molar-refractivity contribution in [3.05, 3.63) is 58.3 Å². The fraction of sp³-hybridized carbons (Fsp3) is 0.292. The molecule has 9 heteroatoms. The van der Waals surface area contributed by atoms with Crippen molar-refractivity contribution in [3.63, 3.8) is 0 Å². The molecule has 2 aromatic heterocycles. The molecule has 0 spiro atoms. The van der Waals surface area contributed by atoms with E-state index in [-0.39, 0.29) is 17.7 Å². The predicted molar refractivity (Wildman–Crippen MR) is 128 cm³/mol. The molecule has 1 aliphatic rings. The number of benzene rings is 2. The highest BCUT2D eigenvalue weighted by atomic mass is 35.5. The Morgan fingerprint density at radius 1 is 1.06 bits per heavy atom. The van der Waals surface area contributed by atoms with Crippen molar-refractivity contribution in [2.45, 2.75) is 19.8 Å². The maximum Gasteiger partial charge on any atom is 0.309 e. The molecule has 0 amide bonds. The average molecular weight is 487 g/mol. The van der Waals surface area contributed by atoms with E-state index in [1.54, 1.807) is 18.2 Å². The second-order valence-corrected chi connectivity index (χ2v) is 8.84. The number of carbonyl (C=O) groups is 1. The van der Waals surface area contributed by atoms with Gasteiger partial charge in [-0.15, -0.1) is 0 Å². The molecule has 0 atom stereocenters. The molecule has 0 radical (unpaired) electrons. The smallest absolute Gasteiger partial charge is 0.309 e. The topological polar surface area (TPSA) is 60.2 Å². The van der Waals surface area contributed by atoms with Crippen LogP contribution in [0.1, 0.15) is 19.8 Å². The maximum atomic E-state index is 13.6. The molecule has 0 N–H and O–H groups in total. The molecular formula is C24H21Cl2FN4O2. The zero-order valence-electron chi connectivity index (χ0n) is 17.9. The van der Waals surface area contributed by atoms with Crippen LogP contribution in [-0.4, -0.2) is 40.2 Å². The summed E-state index contributed by atoms with van der Waals surface area (Å²) in [6.45, 7) is 3.49. The number of imidazole rings is 1. The van der Waals surface area contributed by atoms with Gasteiger partial charge in [-0.3, -0.25) is 9.36 Å². The molecule has 2 aromatic carbocycles. The first-order valence-corrected chi connectivity index (χ1v) is 11.6. The number of hydrogen-bond acceptors (Lipinski definition) is 5. The Labute approximate surface area is 199 Å². The molecule has 5 rings (SSSR count). The van der Waals surface area contributed by atoms with Crippen LogP contribution in [0.5, 0.6) is 0 Å². The number of nitrogens with zero attached hydrogens (tertiary/aromatic N) is 4. The van der Waals surface area contributed by atoms with Gasteiger partial charge in [-0.1, -0.05) is 23.2 Å². The number of ether oxygens (including phenoxy) is 1. The number of hydrogen-bond donors (Lipinski definition) is 0. The molecule has 1 aliphatic heterocycles. The van der Waals surface area contributed by atoms with Gasteiger partial charge in [0.15, 0.2) is 0 Å². The molecule has 33 heavy (non-hydrogen) atoms. The summed E-state index contributed by atoms with van der Waals surface area (Å²) in [6, 6.07) is 11.7. The number of carbonyl (C=O) groups excluding carboxylic acids is 1. The zero-order chi connectivity index (χ0) is 23.1. The Hall–Kier alpha value is -2.90. The second kappa shape index (κ2) is 8.80. The van der Waals surface area contributed by atoms with Gasteiger partial charge in [0, 0.05) is 18.5 Å². The van der Waals surface area contributed by atoms with Crippen molar-refractivity contribution >= 4 is 57.1 Å². The van der Waals surface area contributed by atoms with Gasteiger partial charge in [-0.2, -0.15) is 0 Å². The first-order chi connectivity index (χ1) is 15.9. The zero-order valence-corrected chi connectivity index (χ0v) is 19.4. The van der Waals surface area contributed by atoms with Crippen LogP contribution in [-0.2, 0) is 9.53 Å². The van der Waals surface area contributed by atoms with Gasteiger partial charge >= 0.3 is 5.97 Å². The van der Waals surface area contributed by atoms with E-state index in [1.807, 2.05) is 23.6 Å². The average Bonchev–Trinajstić information content (AvgIpc) is 3.17. The van der Waals surface area contributed by atoms with E-state index in [4.69, 9.17) is 37.9 Å². The first-order valence-electron chi connectivity index (χ1n) is 10.8. The number of piperidine rings is 1. The summed E-state index contributed by atoms with van der Waals surface area (Å²) in [6.07, 6.45) is 1.35. The Balaban J connectivity index is 1.59. The fourth-order valence-electron chi connectivity index (χ4n) is 4.28. The van der Waals surface area contributed by atoms with Crippen molar-refractivity contribution in [2.24, 2.45) is 5.92 Å². The van der Waals surface area contributed by atoms with Gasteiger partial charge in [0.1, 0.15) is 11.6 Å². The number of rotatable bonds is 4. The first kappa shape index (κ1) is 21.9. The lowest BCUT2D eigenvalue weighted by atomic mass is 9.97. The summed E-state index contributed by atoms with van der Waals surface area (Å²) >= 11 is 12.6. The Morgan fingerprint density at radius 2 is 1.82 bits per heavy atom. The fourth-order valence-corrected chi connectivity index (χ4v) is 4.60. The number of esters is 1. The van der Waals surface area contributed by atoms with Crippen LogP contribution in [0.25, 0.3) is 27.8 Å². The van der Waals surface area contributed by atoms with Crippen molar-refractivity contribution in [2.75, 3.05) is 24.6 Å². The number of pyridine rings is 1. The van der Waals surface area contributed by atoms with Crippen LogP contribution >= 0.6 is 23.2 Å². The summed E-state index contributed by atoms with van der Waals surface area (Å²) < 4.78 is 20.8. The lowest BCUT2D eigenvalue weighted by Gasteiger charge is -2.31. The van der Waals surface area contributed by atoms with E-state index in [2.05, 4.69) is 4.90 Å². The Bertz CT molecular complexity index is 1370. The third-order valence-corrected chi connectivity index (χ3v) is 6.66. The van der Waals surface area contributed by atoms with E-state index < -0.39 is 0 Å². The molecule has 0 bridgehead atoms. The lowest BCUT2D eigenvalue weighted by Crippen LogP contribution is -2.38. The van der Waals surface area contributed by atoms with Crippen molar-refractivity contribution in [3.8, 4) is 5.82 Å². The van der Waals surface area contributed by atoms with E-state index >= 15 is 0 Å². The van der Waals surface area contributed by atoms with Crippen molar-refractivity contribution in [1.82, 2.24) is 14.5 Å². The molecule has 1 fully saturated rings. The van der Waals surface area contributed by atoms with E-state index in [9.17, 15) is 9.18 Å². The maximum absolute atomic E-state index is 13.6. The van der Waals surface area contributed by atoms with Gasteiger partial charge in [0.25, 0.3) is 0 Å². The summed E-state index contributed by atoms with van der Waals surface area (Å²) in [5.41, 5.74) is 2.12. The van der Waals surface area contributed by atoms with Crippen LogP contribution in [0.15, 0.2) is 42.5 Å². The minimum atomic E-state index is -0.309. The summed E-state index contributed by atoms with van der Waals surface area (Å²) in [5, 5.41) is 1.55. The van der Waals surface area contributed by atoms with Gasteiger partial charge in [0.2, 0.25) is 5.95 Å². The second-order valence-electron chi connectivity index (χ2n) is 8.02. The van der Waals surface area contributed by atoms with E-state index in [0.29, 0.717) is 70.8 Å². The SMILES string of the molecule is CCOC(=O)C1CCN(c2nc3cc(Cl)c(Cl)cc3n2-c2ccc3cc(F)ccc3n2)CC1. The summed E-state index contributed by atoms with van der Waals surface area (Å²) in [5.74, 6) is 0.762. The molecule has 170 valence electrons. The molecule has 3 heterocycles. The predicted octanol–water partition coefficient (Wildman–Crippen LogP) is 5.80. The van der Waals surface area contributed by atoms with Gasteiger partial charge < -0.3 is 9.64 Å². The van der Waals surface area contributed by atoms with Crippen molar-refractivity contribution < 1.29 is 13.9 Å². The van der Waals surface area contributed by atoms with Crippen molar-refractivity contribution in [1.29, 1.82) is 0 Å². The largest absolute Gasteiger partial charge is 0.466 e. The number of anilines is 1. The minimum Gasteiger partial charge on any atom is -0.466 e. The van der Waals surface area contributed by atoms with Gasteiger partial charge in [-0.25, -0.2) is 14.4 Å². The summed E-state index contributed by atoms with van der Waals surface area (Å²) in [4.78, 5) is 23.9. The molecule has 0 unspecified atom stereocenters. The van der Waals surface area contributed by atoms with E-state index in [0.717, 1.165) is 5.52 Å². The molecule has 4 aromatic rings. The van der Waals surface area contributed by atoms with Gasteiger partial charge in [0.05, 0.1) is 39.1 Å². The number of fused-ring (bicyclic) bond motifs is 2. The van der Waals surface area contributed by atoms with Crippen LogP contribution in [0.3, 0.4) is 0 Å². The Morgan fingerprint density at radius 3 is 2.58 bits per heavy atom. The monoisotopic (exact) mass is 486 g/mol. The Kier molecular flexibility index (Phi) is 5.85. The quantitative estimate of drug-likeness (QED) is 0.341. The lowest BCUT2D eigenvalue weighted by molar-refractivity contribution is -0.148. The normalized spacial score (nSPS) is 14.8. The van der Waals surface area contributed by atoms with Crippen LogP contribution in [0.2, 0.25) is 10.0 Å². The highest BCUT2D eigenvalue weighted by Gasteiger charge is 2.29. The molecule has 1 saturated heterocycles. The number of aromatic nitrogens is 3. The standard InChI is InChI=1S/C24H21Cl2FN4O2/c1-2-33-23(32)14-7-9-30(10-8-14)24-29-20-12-17(25)18(26)13-21(20)31(24)22-6-3-15-11-16(27)4-5-19(15)28-22/h3-6,11-14H,2,7-10H2,1H3. The molecular weight excluding hydrogens is 466 g/mol. The highest BCUT2D eigenvalue weighted by Crippen LogP contribution is 2.34. The molecule has 6 nitrogen and oxygen atoms in total. The summed E-state index contributed by atoms with van der Waals surface area (Å²) in [7, 11) is 0. The van der Waals surface area contributed by atoms with E-state index in [1.165, 1.54) is 12.1 Å². The van der Waals surface area contributed by atoms with Crippen LogP contribution in [0, 0.1) is 11.7 Å². The van der Waals surface area contributed by atoms with Crippen LogP contribution in [0.4, 0.5) is 10.3 Å².